The Morgan fingerprint density at radius 3 is 2.79 bits per heavy atom. The average molecular weight is 226 g/mol. The zero-order chi connectivity index (χ0) is 10.1. The van der Waals surface area contributed by atoms with Gasteiger partial charge in [0.2, 0.25) is 0 Å². The van der Waals surface area contributed by atoms with Gasteiger partial charge in [-0.1, -0.05) is 6.92 Å². The summed E-state index contributed by atoms with van der Waals surface area (Å²) in [4.78, 5) is 2.05. The largest absolute Gasteiger partial charge is 0.206 e. The van der Waals surface area contributed by atoms with Gasteiger partial charge in [-0.3, -0.25) is 0 Å². The molecule has 0 spiro atoms. The zero-order valence-electron chi connectivity index (χ0n) is 8.13. The minimum absolute atomic E-state index is 0.102. The van der Waals surface area contributed by atoms with Crippen molar-refractivity contribution in [1.29, 1.82) is 0 Å². The van der Waals surface area contributed by atoms with Gasteiger partial charge in [-0.05, 0) is 36.3 Å². The summed E-state index contributed by atoms with van der Waals surface area (Å²) in [6.07, 6.45) is 2.92. The fraction of sp³-hybridized carbons (Fsp3) is 0.273. The molecule has 0 aliphatic carbocycles. The van der Waals surface area contributed by atoms with Crippen molar-refractivity contribution in [2.24, 2.45) is 0 Å². The molecule has 3 heteroatoms. The Kier molecular flexibility index (Phi) is 2.79. The van der Waals surface area contributed by atoms with E-state index in [4.69, 9.17) is 0 Å². The van der Waals surface area contributed by atoms with Crippen molar-refractivity contribution < 1.29 is 4.39 Å². The fourth-order valence-corrected chi connectivity index (χ4v) is 2.94. The van der Waals surface area contributed by atoms with Crippen molar-refractivity contribution in [3.05, 3.63) is 28.9 Å². The van der Waals surface area contributed by atoms with Crippen molar-refractivity contribution in [3.63, 3.8) is 0 Å². The van der Waals surface area contributed by atoms with Crippen LogP contribution in [0.2, 0.25) is 0 Å². The molecule has 2 aromatic rings. The molecule has 2 rings (SSSR count). The maximum Gasteiger partial charge on any atom is 0.138 e. The summed E-state index contributed by atoms with van der Waals surface area (Å²) >= 11 is 3.14. The fourth-order valence-electron chi connectivity index (χ4n) is 1.43. The summed E-state index contributed by atoms with van der Waals surface area (Å²) in [6, 6.07) is 5.73. The third-order valence-electron chi connectivity index (χ3n) is 2.19. The number of thioether (sulfide) groups is 1. The monoisotopic (exact) mass is 226 g/mol. The molecule has 1 aromatic carbocycles. The van der Waals surface area contributed by atoms with Gasteiger partial charge in [0.05, 0.1) is 0 Å². The van der Waals surface area contributed by atoms with Gasteiger partial charge in [-0.2, -0.15) is 0 Å². The lowest BCUT2D eigenvalue weighted by atomic mass is 10.2. The molecule has 14 heavy (non-hydrogen) atoms. The minimum atomic E-state index is -0.102. The Hall–Kier alpha value is -0.540. The number of benzene rings is 1. The van der Waals surface area contributed by atoms with Gasteiger partial charge in [0.15, 0.2) is 0 Å². The van der Waals surface area contributed by atoms with Crippen LogP contribution >= 0.6 is 23.1 Å². The van der Waals surface area contributed by atoms with Gasteiger partial charge in [-0.15, -0.1) is 23.1 Å². The summed E-state index contributed by atoms with van der Waals surface area (Å²) < 4.78 is 14.5. The maximum atomic E-state index is 13.4. The SMILES string of the molecule is CCc1cc2cc(SC)c(F)cc2s1. The molecular weight excluding hydrogens is 215 g/mol. The van der Waals surface area contributed by atoms with E-state index in [0.717, 1.165) is 21.4 Å². The van der Waals surface area contributed by atoms with Crippen LogP contribution in [0, 0.1) is 5.82 Å². The highest BCUT2D eigenvalue weighted by Crippen LogP contribution is 2.31. The molecule has 0 amide bonds. The number of hydrogen-bond acceptors (Lipinski definition) is 2. The van der Waals surface area contributed by atoms with E-state index in [-0.39, 0.29) is 5.82 Å². The molecule has 0 N–H and O–H groups in total. The van der Waals surface area contributed by atoms with E-state index in [1.807, 2.05) is 12.3 Å². The van der Waals surface area contributed by atoms with Crippen molar-refractivity contribution >= 4 is 33.2 Å². The summed E-state index contributed by atoms with van der Waals surface area (Å²) in [5, 5.41) is 1.16. The first-order valence-corrected chi connectivity index (χ1v) is 6.54. The van der Waals surface area contributed by atoms with E-state index in [0.29, 0.717) is 0 Å². The van der Waals surface area contributed by atoms with Crippen LogP contribution in [-0.4, -0.2) is 6.26 Å². The molecule has 0 bridgehead atoms. The molecule has 74 valence electrons. The minimum Gasteiger partial charge on any atom is -0.206 e. The normalized spacial score (nSPS) is 11.1. The van der Waals surface area contributed by atoms with Crippen LogP contribution in [-0.2, 0) is 6.42 Å². The molecule has 0 saturated heterocycles. The zero-order valence-corrected chi connectivity index (χ0v) is 9.77. The molecule has 0 unspecified atom stereocenters. The smallest absolute Gasteiger partial charge is 0.138 e. The standard InChI is InChI=1S/C11H11FS2/c1-3-8-4-7-5-11(13-2)9(12)6-10(7)14-8/h4-6H,3H2,1-2H3. The van der Waals surface area contributed by atoms with Crippen molar-refractivity contribution in [2.75, 3.05) is 6.26 Å². The quantitative estimate of drug-likeness (QED) is 0.687. The first-order chi connectivity index (χ1) is 6.74. The Morgan fingerprint density at radius 2 is 2.14 bits per heavy atom. The lowest BCUT2D eigenvalue weighted by molar-refractivity contribution is 0.605. The molecule has 0 fully saturated rings. The molecular formula is C11H11FS2. The van der Waals surface area contributed by atoms with Gasteiger partial charge in [-0.25, -0.2) is 4.39 Å². The molecule has 1 heterocycles. The molecule has 1 aromatic heterocycles. The Balaban J connectivity index is 2.64. The van der Waals surface area contributed by atoms with Gasteiger partial charge >= 0.3 is 0 Å². The second-order valence-electron chi connectivity index (χ2n) is 3.09. The number of thiophene rings is 1. The lowest BCUT2D eigenvalue weighted by Crippen LogP contribution is -1.77. The Bertz CT molecular complexity index is 460. The summed E-state index contributed by atoms with van der Waals surface area (Å²) in [7, 11) is 0. The van der Waals surface area contributed by atoms with E-state index < -0.39 is 0 Å². The second-order valence-corrected chi connectivity index (χ2v) is 5.11. The van der Waals surface area contributed by atoms with Gasteiger partial charge in [0, 0.05) is 14.5 Å². The first-order valence-electron chi connectivity index (χ1n) is 4.50. The van der Waals surface area contributed by atoms with E-state index in [9.17, 15) is 4.39 Å². The molecule has 0 saturated carbocycles. The van der Waals surface area contributed by atoms with Gasteiger partial charge < -0.3 is 0 Å². The predicted octanol–water partition coefficient (Wildman–Crippen LogP) is 4.32. The van der Waals surface area contributed by atoms with E-state index in [1.165, 1.54) is 16.6 Å². The first kappa shape index (κ1) is 9.99. The predicted molar refractivity (Wildman–Crippen MR) is 62.9 cm³/mol. The number of aryl methyl sites for hydroxylation is 1. The van der Waals surface area contributed by atoms with Crippen LogP contribution in [0.4, 0.5) is 4.39 Å². The third-order valence-corrected chi connectivity index (χ3v) is 4.19. The number of rotatable bonds is 2. The number of halogens is 1. The van der Waals surface area contributed by atoms with Gasteiger partial charge in [0.1, 0.15) is 5.82 Å². The van der Waals surface area contributed by atoms with Gasteiger partial charge in [0.25, 0.3) is 0 Å². The molecule has 0 aliphatic rings. The second kappa shape index (κ2) is 3.91. The van der Waals surface area contributed by atoms with Crippen LogP contribution in [0.5, 0.6) is 0 Å². The van der Waals surface area contributed by atoms with E-state index in [1.54, 1.807) is 17.4 Å². The van der Waals surface area contributed by atoms with Crippen LogP contribution in [0.25, 0.3) is 10.1 Å². The van der Waals surface area contributed by atoms with Crippen LogP contribution in [0.3, 0.4) is 0 Å². The average Bonchev–Trinajstić information content (AvgIpc) is 2.58. The van der Waals surface area contributed by atoms with E-state index in [2.05, 4.69) is 13.0 Å². The molecule has 0 nitrogen and oxygen atoms in total. The van der Waals surface area contributed by atoms with Crippen LogP contribution < -0.4 is 0 Å². The highest BCUT2D eigenvalue weighted by Gasteiger charge is 2.06. The number of hydrogen-bond donors (Lipinski definition) is 0. The Morgan fingerprint density at radius 1 is 1.36 bits per heavy atom. The Labute approximate surface area is 91.1 Å². The van der Waals surface area contributed by atoms with Crippen molar-refractivity contribution in [1.82, 2.24) is 0 Å². The topological polar surface area (TPSA) is 0 Å². The number of fused-ring (bicyclic) bond motifs is 1. The summed E-state index contributed by atoms with van der Waals surface area (Å²) in [5.74, 6) is -0.102. The summed E-state index contributed by atoms with van der Waals surface area (Å²) in [5.41, 5.74) is 0. The van der Waals surface area contributed by atoms with Crippen molar-refractivity contribution in [3.8, 4) is 0 Å². The molecule has 0 aliphatic heterocycles. The highest BCUT2D eigenvalue weighted by molar-refractivity contribution is 7.98. The summed E-state index contributed by atoms with van der Waals surface area (Å²) in [6.45, 7) is 2.12. The van der Waals surface area contributed by atoms with E-state index >= 15 is 0 Å². The van der Waals surface area contributed by atoms with Crippen LogP contribution in [0.15, 0.2) is 23.1 Å². The molecule has 0 atom stereocenters. The lowest BCUT2D eigenvalue weighted by Gasteiger charge is -1.97. The highest BCUT2D eigenvalue weighted by atomic mass is 32.2. The van der Waals surface area contributed by atoms with Crippen molar-refractivity contribution in [2.45, 2.75) is 18.2 Å². The third kappa shape index (κ3) is 1.66. The maximum absolute atomic E-state index is 13.4. The molecule has 0 radical (unpaired) electrons. The van der Waals surface area contributed by atoms with Crippen LogP contribution in [0.1, 0.15) is 11.8 Å².